The van der Waals surface area contributed by atoms with Gasteiger partial charge in [0.2, 0.25) is 5.91 Å². The highest BCUT2D eigenvalue weighted by Gasteiger charge is 2.14. The fourth-order valence-corrected chi connectivity index (χ4v) is 5.22. The molecule has 12 heteroatoms. The maximum atomic E-state index is 12.4. The Hall–Kier alpha value is -3.35. The third-order valence-electron chi connectivity index (χ3n) is 4.50. The molecule has 33 heavy (non-hydrogen) atoms. The van der Waals surface area contributed by atoms with Gasteiger partial charge in [-0.3, -0.25) is 14.9 Å². The Morgan fingerprint density at radius 1 is 1.03 bits per heavy atom. The van der Waals surface area contributed by atoms with Crippen LogP contribution < -0.4 is 15.4 Å². The molecule has 0 aliphatic carbocycles. The van der Waals surface area contributed by atoms with Gasteiger partial charge in [0, 0.05) is 17.2 Å². The lowest BCUT2D eigenvalue weighted by molar-refractivity contribution is -0.115. The number of benzene rings is 2. The fraction of sp³-hybridized carbons (Fsp3) is 0.143. The minimum Gasteiger partial charge on any atom is -0.497 e. The van der Waals surface area contributed by atoms with Crippen LogP contribution in [0.5, 0.6) is 5.75 Å². The zero-order chi connectivity index (χ0) is 23.6. The van der Waals surface area contributed by atoms with Crippen LogP contribution >= 0.6 is 22.7 Å². The SMILES string of the molecule is COc1ccc(C(=O)Nc2nc(CC(=O)Nc3nc4ccc(S(C)(=O)=O)cc4s3)cs2)cc1. The van der Waals surface area contributed by atoms with E-state index in [2.05, 4.69) is 20.6 Å². The van der Waals surface area contributed by atoms with Crippen molar-refractivity contribution in [3.8, 4) is 5.75 Å². The molecule has 4 aromatic rings. The number of hydrogen-bond acceptors (Lipinski definition) is 9. The van der Waals surface area contributed by atoms with E-state index in [9.17, 15) is 18.0 Å². The standard InChI is InChI=1S/C21H18N4O5S3/c1-30-14-5-3-12(4-6-14)19(27)25-20-22-13(11-31-20)9-18(26)24-21-23-16-8-7-15(33(2,28)29)10-17(16)32-21/h3-8,10-11H,9H2,1-2H3,(H,22,25,27)(H,23,24,26). The minimum absolute atomic E-state index is 0.000575. The molecule has 2 amide bonds. The molecule has 4 rings (SSSR count). The first-order chi connectivity index (χ1) is 15.7. The van der Waals surface area contributed by atoms with Crippen molar-refractivity contribution >= 4 is 64.8 Å². The first kappa shape index (κ1) is 22.8. The Morgan fingerprint density at radius 2 is 1.79 bits per heavy atom. The summed E-state index contributed by atoms with van der Waals surface area (Å²) in [5.74, 6) is 0.0136. The molecule has 0 spiro atoms. The largest absolute Gasteiger partial charge is 0.497 e. The van der Waals surface area contributed by atoms with E-state index in [1.54, 1.807) is 42.8 Å². The predicted molar refractivity (Wildman–Crippen MR) is 128 cm³/mol. The fourth-order valence-electron chi connectivity index (χ4n) is 2.87. The van der Waals surface area contributed by atoms with E-state index in [-0.39, 0.29) is 23.1 Å². The van der Waals surface area contributed by atoms with E-state index in [1.807, 2.05) is 0 Å². The van der Waals surface area contributed by atoms with Gasteiger partial charge in [0.15, 0.2) is 20.1 Å². The van der Waals surface area contributed by atoms with E-state index in [0.29, 0.717) is 37.5 Å². The second kappa shape index (κ2) is 9.25. The summed E-state index contributed by atoms with van der Waals surface area (Å²) in [5.41, 5.74) is 1.56. The monoisotopic (exact) mass is 502 g/mol. The van der Waals surface area contributed by atoms with Crippen LogP contribution in [0.1, 0.15) is 16.1 Å². The van der Waals surface area contributed by atoms with Crippen molar-refractivity contribution in [3.63, 3.8) is 0 Å². The third-order valence-corrected chi connectivity index (χ3v) is 7.35. The minimum atomic E-state index is -3.33. The zero-order valence-electron chi connectivity index (χ0n) is 17.5. The predicted octanol–water partition coefficient (Wildman–Crippen LogP) is 3.60. The normalized spacial score (nSPS) is 11.3. The van der Waals surface area contributed by atoms with Crippen LogP contribution in [0.2, 0.25) is 0 Å². The Labute approximate surface area is 197 Å². The van der Waals surface area contributed by atoms with Gasteiger partial charge in [-0.2, -0.15) is 0 Å². The van der Waals surface area contributed by atoms with Crippen LogP contribution in [0, 0.1) is 0 Å². The summed E-state index contributed by atoms with van der Waals surface area (Å²) in [5, 5.41) is 7.86. The van der Waals surface area contributed by atoms with Crippen molar-refractivity contribution < 1.29 is 22.7 Å². The molecule has 2 N–H and O–H groups in total. The average molecular weight is 503 g/mol. The maximum Gasteiger partial charge on any atom is 0.257 e. The summed E-state index contributed by atoms with van der Waals surface area (Å²) >= 11 is 2.41. The molecule has 0 saturated heterocycles. The maximum absolute atomic E-state index is 12.4. The smallest absolute Gasteiger partial charge is 0.257 e. The summed E-state index contributed by atoms with van der Waals surface area (Å²) in [6, 6.07) is 11.3. The molecule has 2 heterocycles. The number of hydrogen-bond donors (Lipinski definition) is 2. The van der Waals surface area contributed by atoms with Crippen molar-refractivity contribution in [2.24, 2.45) is 0 Å². The highest BCUT2D eigenvalue weighted by molar-refractivity contribution is 7.90. The van der Waals surface area contributed by atoms with Gasteiger partial charge in [0.05, 0.1) is 34.3 Å². The molecular weight excluding hydrogens is 484 g/mol. The van der Waals surface area contributed by atoms with E-state index in [1.165, 1.54) is 34.8 Å². The highest BCUT2D eigenvalue weighted by atomic mass is 32.2. The van der Waals surface area contributed by atoms with Crippen LogP contribution in [-0.4, -0.2) is 43.6 Å². The Bertz CT molecular complexity index is 1440. The molecule has 0 bridgehead atoms. The van der Waals surface area contributed by atoms with Crippen LogP contribution in [0.25, 0.3) is 10.2 Å². The van der Waals surface area contributed by atoms with Crippen molar-refractivity contribution in [2.45, 2.75) is 11.3 Å². The number of nitrogens with zero attached hydrogens (tertiary/aromatic N) is 2. The number of carbonyl (C=O) groups excluding carboxylic acids is 2. The van der Waals surface area contributed by atoms with Gasteiger partial charge in [0.25, 0.3) is 5.91 Å². The number of carbonyl (C=O) groups is 2. The van der Waals surface area contributed by atoms with E-state index in [4.69, 9.17) is 4.74 Å². The van der Waals surface area contributed by atoms with Crippen molar-refractivity contribution in [1.29, 1.82) is 0 Å². The molecule has 0 unspecified atom stereocenters. The molecule has 2 aromatic carbocycles. The van der Waals surface area contributed by atoms with Gasteiger partial charge in [-0.15, -0.1) is 11.3 Å². The average Bonchev–Trinajstić information content (AvgIpc) is 3.38. The van der Waals surface area contributed by atoms with Crippen molar-refractivity contribution in [2.75, 3.05) is 24.0 Å². The number of fused-ring (bicyclic) bond motifs is 1. The van der Waals surface area contributed by atoms with Crippen LogP contribution in [0.3, 0.4) is 0 Å². The number of methoxy groups -OCH3 is 1. The number of rotatable bonds is 7. The molecule has 0 fully saturated rings. The van der Waals surface area contributed by atoms with E-state index >= 15 is 0 Å². The molecule has 0 aliphatic rings. The summed E-state index contributed by atoms with van der Waals surface area (Å²) < 4.78 is 29.2. The van der Waals surface area contributed by atoms with E-state index < -0.39 is 9.84 Å². The van der Waals surface area contributed by atoms with Crippen LogP contribution in [0.4, 0.5) is 10.3 Å². The lowest BCUT2D eigenvalue weighted by Gasteiger charge is -2.03. The van der Waals surface area contributed by atoms with Crippen molar-refractivity contribution in [3.05, 3.63) is 59.1 Å². The molecule has 9 nitrogen and oxygen atoms in total. The quantitative estimate of drug-likeness (QED) is 0.395. The second-order valence-corrected chi connectivity index (χ2v) is 10.9. The lowest BCUT2D eigenvalue weighted by atomic mass is 10.2. The Morgan fingerprint density at radius 3 is 2.48 bits per heavy atom. The second-order valence-electron chi connectivity index (χ2n) is 6.97. The van der Waals surface area contributed by atoms with E-state index in [0.717, 1.165) is 6.26 Å². The number of amides is 2. The molecule has 2 aromatic heterocycles. The van der Waals surface area contributed by atoms with Crippen LogP contribution in [-0.2, 0) is 21.1 Å². The van der Waals surface area contributed by atoms with Crippen molar-refractivity contribution in [1.82, 2.24) is 9.97 Å². The van der Waals surface area contributed by atoms with Gasteiger partial charge in [-0.05, 0) is 42.5 Å². The number of nitrogens with one attached hydrogen (secondary N) is 2. The number of ether oxygens (including phenoxy) is 1. The summed E-state index contributed by atoms with van der Waals surface area (Å²) in [6.45, 7) is 0. The summed E-state index contributed by atoms with van der Waals surface area (Å²) in [6.07, 6.45) is 1.14. The molecule has 0 radical (unpaired) electrons. The lowest BCUT2D eigenvalue weighted by Crippen LogP contribution is -2.15. The number of thiazole rings is 2. The molecule has 0 aliphatic heterocycles. The van der Waals surface area contributed by atoms with Gasteiger partial charge < -0.3 is 10.1 Å². The number of aromatic nitrogens is 2. The van der Waals surface area contributed by atoms with Gasteiger partial charge in [-0.1, -0.05) is 11.3 Å². The Balaban J connectivity index is 1.37. The number of anilines is 2. The Kier molecular flexibility index (Phi) is 6.40. The summed E-state index contributed by atoms with van der Waals surface area (Å²) in [7, 11) is -1.78. The highest BCUT2D eigenvalue weighted by Crippen LogP contribution is 2.28. The molecule has 170 valence electrons. The first-order valence-corrected chi connectivity index (χ1v) is 13.1. The van der Waals surface area contributed by atoms with Gasteiger partial charge >= 0.3 is 0 Å². The van der Waals surface area contributed by atoms with Gasteiger partial charge in [0.1, 0.15) is 5.75 Å². The molecule has 0 saturated carbocycles. The summed E-state index contributed by atoms with van der Waals surface area (Å²) in [4.78, 5) is 33.6. The zero-order valence-corrected chi connectivity index (χ0v) is 19.9. The molecule has 0 atom stereocenters. The first-order valence-electron chi connectivity index (χ1n) is 9.51. The van der Waals surface area contributed by atoms with Crippen LogP contribution in [0.15, 0.2) is 52.7 Å². The van der Waals surface area contributed by atoms with Gasteiger partial charge in [-0.25, -0.2) is 18.4 Å². The molecular formula is C21H18N4O5S3. The third kappa shape index (κ3) is 5.53. The topological polar surface area (TPSA) is 127 Å². The number of sulfone groups is 1.